The molecular formula is C24H25F3N6O2. The summed E-state index contributed by atoms with van der Waals surface area (Å²) >= 11 is 0. The van der Waals surface area contributed by atoms with Gasteiger partial charge in [-0.05, 0) is 24.6 Å². The summed E-state index contributed by atoms with van der Waals surface area (Å²) in [6.07, 6.45) is -0.0620. The van der Waals surface area contributed by atoms with Crippen molar-refractivity contribution >= 4 is 29.1 Å². The molecule has 0 bridgehead atoms. The first kappa shape index (κ1) is 25.6. The van der Waals surface area contributed by atoms with Crippen molar-refractivity contribution in [3.8, 4) is 11.3 Å². The van der Waals surface area contributed by atoms with Crippen LogP contribution in [0.4, 0.5) is 13.2 Å². The van der Waals surface area contributed by atoms with Gasteiger partial charge in [-0.2, -0.15) is 18.3 Å². The second-order valence-electron chi connectivity index (χ2n) is 7.88. The Labute approximate surface area is 199 Å². The molecule has 0 aliphatic heterocycles. The molecule has 1 amide bonds. The molecule has 3 rings (SSSR count). The normalized spacial score (nSPS) is 13.3. The van der Waals surface area contributed by atoms with E-state index in [9.17, 15) is 22.8 Å². The number of alkyl halides is 3. The van der Waals surface area contributed by atoms with Crippen LogP contribution < -0.4 is 11.1 Å². The first-order valence-electron chi connectivity index (χ1n) is 10.8. The molecule has 11 heteroatoms. The number of nitrogens with zero attached hydrogens (tertiary/aromatic N) is 4. The lowest BCUT2D eigenvalue weighted by Crippen LogP contribution is -2.28. The summed E-state index contributed by atoms with van der Waals surface area (Å²) in [6, 6.07) is 8.15. The van der Waals surface area contributed by atoms with Gasteiger partial charge in [0.15, 0.2) is 5.65 Å². The van der Waals surface area contributed by atoms with E-state index in [1.54, 1.807) is 54.2 Å². The molecule has 184 valence electrons. The zero-order chi connectivity index (χ0) is 25.6. The van der Waals surface area contributed by atoms with Gasteiger partial charge >= 0.3 is 6.18 Å². The molecule has 0 aliphatic carbocycles. The van der Waals surface area contributed by atoms with Gasteiger partial charge in [-0.25, -0.2) is 9.50 Å². The van der Waals surface area contributed by atoms with Gasteiger partial charge in [0.25, 0.3) is 0 Å². The summed E-state index contributed by atoms with van der Waals surface area (Å²) in [5.41, 5.74) is 9.44. The van der Waals surface area contributed by atoms with Crippen molar-refractivity contribution < 1.29 is 22.8 Å². The van der Waals surface area contributed by atoms with Crippen LogP contribution in [0.15, 0.2) is 53.9 Å². The summed E-state index contributed by atoms with van der Waals surface area (Å²) in [4.78, 5) is 32.2. The zero-order valence-electron chi connectivity index (χ0n) is 19.2. The van der Waals surface area contributed by atoms with E-state index in [0.29, 0.717) is 28.0 Å². The number of aromatic nitrogens is 3. The highest BCUT2D eigenvalue weighted by atomic mass is 19.4. The largest absolute Gasteiger partial charge is 0.404 e. The monoisotopic (exact) mass is 486 g/mol. The van der Waals surface area contributed by atoms with E-state index in [1.165, 1.54) is 19.5 Å². The second-order valence-corrected chi connectivity index (χ2v) is 7.88. The standard InChI is InChI=1S/C24H25F3N6O2/c1-15(23(35)29-2)30-12-19(11-28)18-10-22-31-14-21(33(22)32-13-18)17-5-3-4-16(8-17)9-20(34)6-7-24(25,26)27/h3-5,8,10-15H,6-7,9,28H2,1-2H3,(H,29,35). The third-order valence-corrected chi connectivity index (χ3v) is 5.25. The Morgan fingerprint density at radius 2 is 2.03 bits per heavy atom. The van der Waals surface area contributed by atoms with Crippen LogP contribution in [-0.2, 0) is 16.0 Å². The number of fused-ring (bicyclic) bond motifs is 1. The summed E-state index contributed by atoms with van der Waals surface area (Å²) in [6.45, 7) is 1.66. The molecule has 1 unspecified atom stereocenters. The number of rotatable bonds is 9. The molecule has 35 heavy (non-hydrogen) atoms. The Kier molecular flexibility index (Phi) is 8.00. The van der Waals surface area contributed by atoms with E-state index in [4.69, 9.17) is 5.73 Å². The number of halogens is 3. The Balaban J connectivity index is 1.81. The van der Waals surface area contributed by atoms with Gasteiger partial charge in [0, 0.05) is 49.0 Å². The second kappa shape index (κ2) is 10.9. The van der Waals surface area contributed by atoms with E-state index < -0.39 is 30.8 Å². The maximum absolute atomic E-state index is 12.4. The molecule has 0 spiro atoms. The van der Waals surface area contributed by atoms with Gasteiger partial charge in [0.1, 0.15) is 11.8 Å². The molecule has 0 saturated heterocycles. The number of carbonyl (C=O) groups is 2. The number of imidazole rings is 1. The molecule has 0 saturated carbocycles. The average Bonchev–Trinajstić information content (AvgIpc) is 3.25. The van der Waals surface area contributed by atoms with Crippen LogP contribution in [0.2, 0.25) is 0 Å². The molecule has 0 fully saturated rings. The predicted molar refractivity (Wildman–Crippen MR) is 127 cm³/mol. The predicted octanol–water partition coefficient (Wildman–Crippen LogP) is 3.36. The quantitative estimate of drug-likeness (QED) is 0.450. The number of benzene rings is 1. The number of carbonyl (C=O) groups excluding carboxylic acids is 2. The number of allylic oxidation sites excluding steroid dienone is 1. The lowest BCUT2D eigenvalue weighted by molar-refractivity contribution is -0.143. The molecule has 3 N–H and O–H groups in total. The number of nitrogens with two attached hydrogens (primary N) is 1. The van der Waals surface area contributed by atoms with Crippen molar-refractivity contribution in [3.63, 3.8) is 0 Å². The first-order valence-corrected chi connectivity index (χ1v) is 10.8. The third kappa shape index (κ3) is 6.75. The number of Topliss-reactive ketones (excluding diaryl/α,β-unsaturated/α-hetero) is 1. The molecule has 2 aromatic heterocycles. The van der Waals surface area contributed by atoms with Crippen molar-refractivity contribution in [2.75, 3.05) is 7.05 Å². The SMILES string of the molecule is CNC(=O)C(C)N=CC(=CN)c1cnn2c(-c3cccc(CC(=O)CCC(F)(F)F)c3)cnc2c1. The van der Waals surface area contributed by atoms with Crippen molar-refractivity contribution in [1.82, 2.24) is 19.9 Å². The highest BCUT2D eigenvalue weighted by Crippen LogP contribution is 2.24. The summed E-state index contributed by atoms with van der Waals surface area (Å²) in [5.74, 6) is -0.706. The van der Waals surface area contributed by atoms with Crippen molar-refractivity contribution in [2.45, 2.75) is 38.4 Å². The fourth-order valence-electron chi connectivity index (χ4n) is 3.35. The molecule has 3 aromatic rings. The Hall–Kier alpha value is -4.02. The molecule has 8 nitrogen and oxygen atoms in total. The number of hydrogen-bond acceptors (Lipinski definition) is 6. The van der Waals surface area contributed by atoms with Crippen molar-refractivity contribution in [1.29, 1.82) is 0 Å². The van der Waals surface area contributed by atoms with Crippen LogP contribution in [-0.4, -0.2) is 51.8 Å². The first-order chi connectivity index (χ1) is 16.6. The smallest absolute Gasteiger partial charge is 0.389 e. The lowest BCUT2D eigenvalue weighted by atomic mass is 10.0. The van der Waals surface area contributed by atoms with Gasteiger partial charge in [0.05, 0.1) is 24.5 Å². The van der Waals surface area contributed by atoms with Crippen LogP contribution in [0.25, 0.3) is 22.5 Å². The molecule has 0 aliphatic rings. The molecule has 2 heterocycles. The minimum atomic E-state index is -4.36. The van der Waals surface area contributed by atoms with E-state index in [0.717, 1.165) is 5.56 Å². The highest BCUT2D eigenvalue weighted by Gasteiger charge is 2.27. The van der Waals surface area contributed by atoms with Gasteiger partial charge in [-0.15, -0.1) is 0 Å². The van der Waals surface area contributed by atoms with Crippen LogP contribution in [0, 0.1) is 0 Å². The molecule has 1 atom stereocenters. The molecular weight excluding hydrogens is 461 g/mol. The van der Waals surface area contributed by atoms with E-state index in [-0.39, 0.29) is 12.3 Å². The Bertz CT molecular complexity index is 1280. The minimum absolute atomic E-state index is 0.0866. The van der Waals surface area contributed by atoms with E-state index in [2.05, 4.69) is 20.4 Å². The number of aliphatic imine (C=N–C) groups is 1. The van der Waals surface area contributed by atoms with Crippen LogP contribution in [0.1, 0.15) is 30.9 Å². The molecule has 0 radical (unpaired) electrons. The van der Waals surface area contributed by atoms with Crippen LogP contribution in [0.5, 0.6) is 0 Å². The number of ketones is 1. The Morgan fingerprint density at radius 1 is 1.26 bits per heavy atom. The summed E-state index contributed by atoms with van der Waals surface area (Å²) in [5, 5.41) is 6.96. The number of likely N-dealkylation sites (N-methyl/N-ethyl adjacent to an activating group) is 1. The van der Waals surface area contributed by atoms with E-state index >= 15 is 0 Å². The topological polar surface area (TPSA) is 115 Å². The highest BCUT2D eigenvalue weighted by molar-refractivity contribution is 6.10. The van der Waals surface area contributed by atoms with Gasteiger partial charge < -0.3 is 11.1 Å². The van der Waals surface area contributed by atoms with Crippen LogP contribution >= 0.6 is 0 Å². The number of nitrogens with one attached hydrogen (secondary N) is 1. The van der Waals surface area contributed by atoms with Crippen molar-refractivity contribution in [2.24, 2.45) is 10.7 Å². The maximum Gasteiger partial charge on any atom is 0.389 e. The third-order valence-electron chi connectivity index (χ3n) is 5.25. The lowest BCUT2D eigenvalue weighted by Gasteiger charge is -2.08. The van der Waals surface area contributed by atoms with Gasteiger partial charge in [-0.1, -0.05) is 18.2 Å². The van der Waals surface area contributed by atoms with Crippen molar-refractivity contribution in [3.05, 3.63) is 60.1 Å². The fraction of sp³-hybridized carbons (Fsp3) is 0.292. The van der Waals surface area contributed by atoms with Gasteiger partial charge in [-0.3, -0.25) is 14.6 Å². The molecule has 1 aromatic carbocycles. The number of hydrogen-bond donors (Lipinski definition) is 2. The summed E-state index contributed by atoms with van der Waals surface area (Å²) in [7, 11) is 1.53. The minimum Gasteiger partial charge on any atom is -0.404 e. The number of amides is 1. The summed E-state index contributed by atoms with van der Waals surface area (Å²) < 4.78 is 38.7. The van der Waals surface area contributed by atoms with E-state index in [1.807, 2.05) is 0 Å². The zero-order valence-corrected chi connectivity index (χ0v) is 19.2. The Morgan fingerprint density at radius 3 is 2.71 bits per heavy atom. The maximum atomic E-state index is 12.4. The fourth-order valence-corrected chi connectivity index (χ4v) is 3.35. The van der Waals surface area contributed by atoms with Crippen LogP contribution in [0.3, 0.4) is 0 Å². The average molecular weight is 486 g/mol. The van der Waals surface area contributed by atoms with Gasteiger partial charge in [0.2, 0.25) is 5.91 Å².